The summed E-state index contributed by atoms with van der Waals surface area (Å²) in [6, 6.07) is 10.9. The molecule has 0 aliphatic carbocycles. The van der Waals surface area contributed by atoms with Crippen LogP contribution in [0, 0.1) is 12.8 Å². The van der Waals surface area contributed by atoms with Crippen LogP contribution in [0.1, 0.15) is 49.3 Å². The number of esters is 1. The lowest BCUT2D eigenvalue weighted by atomic mass is 10.0. The molecule has 0 saturated carbocycles. The van der Waals surface area contributed by atoms with E-state index in [-0.39, 0.29) is 24.2 Å². The first-order valence-electron chi connectivity index (χ1n) is 11.6. The number of benzene rings is 1. The minimum atomic E-state index is -0.670. The lowest BCUT2D eigenvalue weighted by Crippen LogP contribution is -2.24. The molecule has 36 heavy (non-hydrogen) atoms. The lowest BCUT2D eigenvalue weighted by Gasteiger charge is -2.19. The van der Waals surface area contributed by atoms with E-state index in [1.165, 1.54) is 4.80 Å². The van der Waals surface area contributed by atoms with Gasteiger partial charge in [-0.15, -0.1) is 15.0 Å². The van der Waals surface area contributed by atoms with Crippen molar-refractivity contribution in [1.29, 1.82) is 0 Å². The van der Waals surface area contributed by atoms with Crippen molar-refractivity contribution >= 4 is 17.7 Å². The molecule has 1 amide bonds. The summed E-state index contributed by atoms with van der Waals surface area (Å²) < 4.78 is 7.16. The normalized spacial score (nSPS) is 11.9. The highest BCUT2D eigenvalue weighted by atomic mass is 16.6. The van der Waals surface area contributed by atoms with Crippen LogP contribution in [0.15, 0.2) is 48.8 Å². The number of tetrazole rings is 1. The molecule has 0 aliphatic rings. The van der Waals surface area contributed by atoms with Gasteiger partial charge in [0.15, 0.2) is 0 Å². The summed E-state index contributed by atoms with van der Waals surface area (Å²) in [5, 5.41) is 20.0. The van der Waals surface area contributed by atoms with Gasteiger partial charge in [-0.05, 0) is 41.5 Å². The molecule has 1 atom stereocenters. The second kappa shape index (κ2) is 10.5. The number of rotatable bonds is 8. The molecule has 3 heterocycles. The van der Waals surface area contributed by atoms with Crippen LogP contribution in [0.25, 0.3) is 22.6 Å². The van der Waals surface area contributed by atoms with Crippen LogP contribution in [0.2, 0.25) is 0 Å². The number of aromatic nitrogens is 7. The smallest absolute Gasteiger partial charge is 0.307 e. The van der Waals surface area contributed by atoms with Gasteiger partial charge in [0.25, 0.3) is 5.91 Å². The Morgan fingerprint density at radius 1 is 1.14 bits per heavy atom. The first-order valence-corrected chi connectivity index (χ1v) is 11.6. The standard InChI is InChI=1S/C25H28N8O3/c1-6-20(34)36-25(15(2)3)33-30-23(29-31-33)21-19(14-27-32(21)5)17-9-11-18(12-10-17)24(35)28-22-16(4)8-7-13-26-22/h7-15,25H,6H2,1-5H3,(H,26,28,35). The van der Waals surface area contributed by atoms with E-state index in [4.69, 9.17) is 4.74 Å². The topological polar surface area (TPSA) is 130 Å². The highest BCUT2D eigenvalue weighted by Gasteiger charge is 2.25. The molecule has 3 aromatic heterocycles. The zero-order valence-electron chi connectivity index (χ0n) is 20.8. The quantitative estimate of drug-likeness (QED) is 0.371. The SMILES string of the molecule is CCC(=O)OC(C(C)C)n1nnc(-c2c(-c3ccc(C(=O)Nc4ncccc4C)cc3)cnn2C)n1. The second-order valence-corrected chi connectivity index (χ2v) is 8.64. The van der Waals surface area contributed by atoms with Crippen LogP contribution >= 0.6 is 0 Å². The number of carbonyl (C=O) groups is 2. The van der Waals surface area contributed by atoms with Crippen molar-refractivity contribution in [2.75, 3.05) is 5.32 Å². The molecule has 186 valence electrons. The van der Waals surface area contributed by atoms with Gasteiger partial charge >= 0.3 is 5.97 Å². The summed E-state index contributed by atoms with van der Waals surface area (Å²) in [6.45, 7) is 7.45. The van der Waals surface area contributed by atoms with Gasteiger partial charge in [-0.2, -0.15) is 5.10 Å². The molecular formula is C25H28N8O3. The van der Waals surface area contributed by atoms with E-state index in [1.807, 2.05) is 45.0 Å². The average Bonchev–Trinajstić information content (AvgIpc) is 3.50. The number of hydrogen-bond acceptors (Lipinski definition) is 8. The van der Waals surface area contributed by atoms with Crippen molar-refractivity contribution in [2.45, 2.75) is 40.3 Å². The average molecular weight is 489 g/mol. The molecule has 0 aliphatic heterocycles. The van der Waals surface area contributed by atoms with E-state index >= 15 is 0 Å². The summed E-state index contributed by atoms with van der Waals surface area (Å²) in [4.78, 5) is 30.1. The highest BCUT2D eigenvalue weighted by Crippen LogP contribution is 2.30. The number of anilines is 1. The van der Waals surface area contributed by atoms with Gasteiger partial charge in [-0.25, -0.2) is 4.98 Å². The van der Waals surface area contributed by atoms with Gasteiger partial charge in [0.2, 0.25) is 12.1 Å². The van der Waals surface area contributed by atoms with Gasteiger partial charge in [-0.3, -0.25) is 14.3 Å². The summed E-state index contributed by atoms with van der Waals surface area (Å²) >= 11 is 0. The van der Waals surface area contributed by atoms with Crippen molar-refractivity contribution in [3.05, 3.63) is 59.9 Å². The Morgan fingerprint density at radius 3 is 2.56 bits per heavy atom. The van der Waals surface area contributed by atoms with Crippen LogP contribution in [0.5, 0.6) is 0 Å². The zero-order valence-corrected chi connectivity index (χ0v) is 20.8. The van der Waals surface area contributed by atoms with Crippen LogP contribution < -0.4 is 5.32 Å². The van der Waals surface area contributed by atoms with E-state index in [9.17, 15) is 9.59 Å². The third-order valence-electron chi connectivity index (χ3n) is 5.62. The van der Waals surface area contributed by atoms with Crippen molar-refractivity contribution in [1.82, 2.24) is 35.0 Å². The molecule has 1 N–H and O–H groups in total. The maximum atomic E-state index is 12.7. The number of nitrogens with zero attached hydrogens (tertiary/aromatic N) is 7. The van der Waals surface area contributed by atoms with E-state index in [0.717, 1.165) is 16.7 Å². The number of carbonyl (C=O) groups excluding carboxylic acids is 2. The van der Waals surface area contributed by atoms with Gasteiger partial charge in [0.05, 0.1) is 6.20 Å². The van der Waals surface area contributed by atoms with Crippen molar-refractivity contribution < 1.29 is 14.3 Å². The van der Waals surface area contributed by atoms with E-state index in [0.29, 0.717) is 22.9 Å². The summed E-state index contributed by atoms with van der Waals surface area (Å²) in [7, 11) is 1.79. The fourth-order valence-electron chi connectivity index (χ4n) is 3.61. The van der Waals surface area contributed by atoms with Crippen molar-refractivity contribution in [3.8, 4) is 22.6 Å². The first-order chi connectivity index (χ1) is 17.3. The minimum Gasteiger partial charge on any atom is -0.438 e. The maximum absolute atomic E-state index is 12.7. The van der Waals surface area contributed by atoms with Crippen LogP contribution in [-0.2, 0) is 16.6 Å². The lowest BCUT2D eigenvalue weighted by molar-refractivity contribution is -0.159. The predicted octanol–water partition coefficient (Wildman–Crippen LogP) is 3.80. The summed E-state index contributed by atoms with van der Waals surface area (Å²) in [5.74, 6) is 0.231. The molecule has 0 fully saturated rings. The fourth-order valence-corrected chi connectivity index (χ4v) is 3.61. The number of ether oxygens (including phenoxy) is 1. The molecule has 0 saturated heterocycles. The Balaban J connectivity index is 1.59. The Morgan fingerprint density at radius 2 is 1.89 bits per heavy atom. The molecule has 0 spiro atoms. The number of pyridine rings is 1. The Bertz CT molecular complexity index is 1370. The Kier molecular flexibility index (Phi) is 7.18. The molecule has 0 radical (unpaired) electrons. The molecule has 1 unspecified atom stereocenters. The van der Waals surface area contributed by atoms with Gasteiger partial charge in [0.1, 0.15) is 11.5 Å². The largest absolute Gasteiger partial charge is 0.438 e. The van der Waals surface area contributed by atoms with Crippen LogP contribution in [0.3, 0.4) is 0 Å². The third kappa shape index (κ3) is 5.14. The zero-order chi connectivity index (χ0) is 25.8. The number of hydrogen-bond donors (Lipinski definition) is 1. The molecule has 0 bridgehead atoms. The third-order valence-corrected chi connectivity index (χ3v) is 5.62. The van der Waals surface area contributed by atoms with E-state index < -0.39 is 6.23 Å². The molecule has 1 aromatic carbocycles. The summed E-state index contributed by atoms with van der Waals surface area (Å²) in [5.41, 5.74) is 3.63. The van der Waals surface area contributed by atoms with Gasteiger partial charge in [0, 0.05) is 36.7 Å². The minimum absolute atomic E-state index is 0.0536. The van der Waals surface area contributed by atoms with Gasteiger partial charge in [-0.1, -0.05) is 39.0 Å². The predicted molar refractivity (Wildman–Crippen MR) is 133 cm³/mol. The maximum Gasteiger partial charge on any atom is 0.307 e. The second-order valence-electron chi connectivity index (χ2n) is 8.64. The summed E-state index contributed by atoms with van der Waals surface area (Å²) in [6.07, 6.45) is 2.93. The van der Waals surface area contributed by atoms with Gasteiger partial charge < -0.3 is 10.1 Å². The molecule has 11 heteroatoms. The van der Waals surface area contributed by atoms with Crippen molar-refractivity contribution in [2.24, 2.45) is 13.0 Å². The van der Waals surface area contributed by atoms with Crippen LogP contribution in [-0.4, -0.2) is 46.8 Å². The van der Waals surface area contributed by atoms with E-state index in [1.54, 1.807) is 43.2 Å². The monoisotopic (exact) mass is 488 g/mol. The molecular weight excluding hydrogens is 460 g/mol. The Labute approximate surface area is 208 Å². The highest BCUT2D eigenvalue weighted by molar-refractivity contribution is 6.04. The number of aryl methyl sites for hydroxylation is 2. The molecule has 11 nitrogen and oxygen atoms in total. The fraction of sp³-hybridized carbons (Fsp3) is 0.320. The molecule has 4 aromatic rings. The number of nitrogens with one attached hydrogen (secondary N) is 1. The van der Waals surface area contributed by atoms with E-state index in [2.05, 4.69) is 30.8 Å². The van der Waals surface area contributed by atoms with Crippen molar-refractivity contribution in [3.63, 3.8) is 0 Å². The number of amides is 1. The van der Waals surface area contributed by atoms with Crippen LogP contribution in [0.4, 0.5) is 5.82 Å². The Hall–Kier alpha value is -4.41. The first kappa shape index (κ1) is 24.7. The molecule has 4 rings (SSSR count).